The Morgan fingerprint density at radius 3 is 2.80 bits per heavy atom. The van der Waals surface area contributed by atoms with E-state index in [-0.39, 0.29) is 0 Å². The summed E-state index contributed by atoms with van der Waals surface area (Å²) in [5, 5.41) is 3.51. The third-order valence-electron chi connectivity index (χ3n) is 3.85. The first-order chi connectivity index (χ1) is 9.81. The van der Waals surface area contributed by atoms with E-state index < -0.39 is 0 Å². The zero-order valence-corrected chi connectivity index (χ0v) is 11.7. The number of rotatable bonds is 4. The second-order valence-electron chi connectivity index (χ2n) is 5.50. The third kappa shape index (κ3) is 3.14. The molecule has 2 heterocycles. The van der Waals surface area contributed by atoms with Crippen LogP contribution in [0, 0.1) is 5.92 Å². The molecule has 1 saturated heterocycles. The summed E-state index contributed by atoms with van der Waals surface area (Å²) in [6, 6.07) is 13.0. The molecule has 1 aromatic heterocycles. The lowest BCUT2D eigenvalue weighted by molar-refractivity contribution is 0.319. The fourth-order valence-electron chi connectivity index (χ4n) is 2.79. The number of hydrogen-bond donors (Lipinski definition) is 1. The summed E-state index contributed by atoms with van der Waals surface area (Å²) in [7, 11) is 0. The van der Waals surface area contributed by atoms with Crippen LogP contribution in [0.15, 0.2) is 48.9 Å². The topological polar surface area (TPSA) is 41.0 Å². The highest BCUT2D eigenvalue weighted by Crippen LogP contribution is 2.21. The number of nitrogens with one attached hydrogen (secondary N) is 1. The summed E-state index contributed by atoms with van der Waals surface area (Å²) in [6.07, 6.45) is 3.36. The highest BCUT2D eigenvalue weighted by molar-refractivity contribution is 5.34. The van der Waals surface area contributed by atoms with Crippen molar-refractivity contribution in [3.63, 3.8) is 0 Å². The first-order valence-electron chi connectivity index (χ1n) is 7.10. The van der Waals surface area contributed by atoms with E-state index in [0.717, 1.165) is 25.5 Å². The zero-order valence-electron chi connectivity index (χ0n) is 11.7. The van der Waals surface area contributed by atoms with Crippen LogP contribution in [0.2, 0.25) is 0 Å². The SMILES string of the molecule is CC1CN(Cc2ccccc2)CC1Nc1ccncn1. The molecule has 1 N–H and O–H groups in total. The van der Waals surface area contributed by atoms with Gasteiger partial charge in [-0.1, -0.05) is 37.3 Å². The molecule has 1 fully saturated rings. The van der Waals surface area contributed by atoms with E-state index in [0.29, 0.717) is 12.0 Å². The van der Waals surface area contributed by atoms with Crippen molar-refractivity contribution in [1.82, 2.24) is 14.9 Å². The number of aromatic nitrogens is 2. The van der Waals surface area contributed by atoms with Crippen molar-refractivity contribution in [2.24, 2.45) is 5.92 Å². The van der Waals surface area contributed by atoms with Crippen LogP contribution in [0.25, 0.3) is 0 Å². The molecular weight excluding hydrogens is 248 g/mol. The van der Waals surface area contributed by atoms with Gasteiger partial charge in [-0.3, -0.25) is 4.90 Å². The minimum Gasteiger partial charge on any atom is -0.366 e. The monoisotopic (exact) mass is 268 g/mol. The van der Waals surface area contributed by atoms with Gasteiger partial charge in [-0.15, -0.1) is 0 Å². The van der Waals surface area contributed by atoms with E-state index in [9.17, 15) is 0 Å². The maximum atomic E-state index is 4.24. The Hall–Kier alpha value is -1.94. The maximum Gasteiger partial charge on any atom is 0.129 e. The summed E-state index contributed by atoms with van der Waals surface area (Å²) >= 11 is 0. The molecule has 20 heavy (non-hydrogen) atoms. The summed E-state index contributed by atoms with van der Waals surface area (Å²) in [6.45, 7) is 5.49. The minimum absolute atomic E-state index is 0.452. The molecule has 2 aromatic rings. The van der Waals surface area contributed by atoms with E-state index in [4.69, 9.17) is 0 Å². The van der Waals surface area contributed by atoms with Gasteiger partial charge < -0.3 is 5.32 Å². The van der Waals surface area contributed by atoms with Gasteiger partial charge in [0.1, 0.15) is 12.1 Å². The fourth-order valence-corrected chi connectivity index (χ4v) is 2.79. The normalized spacial score (nSPS) is 22.9. The minimum atomic E-state index is 0.452. The van der Waals surface area contributed by atoms with Gasteiger partial charge in [0.05, 0.1) is 0 Å². The van der Waals surface area contributed by atoms with Gasteiger partial charge in [0, 0.05) is 31.9 Å². The van der Waals surface area contributed by atoms with Crippen molar-refractivity contribution >= 4 is 5.82 Å². The van der Waals surface area contributed by atoms with Crippen LogP contribution in [-0.4, -0.2) is 34.0 Å². The van der Waals surface area contributed by atoms with Crippen molar-refractivity contribution in [3.8, 4) is 0 Å². The lowest BCUT2D eigenvalue weighted by Crippen LogP contribution is -2.28. The molecule has 1 aromatic carbocycles. The van der Waals surface area contributed by atoms with Gasteiger partial charge in [-0.05, 0) is 17.5 Å². The van der Waals surface area contributed by atoms with E-state index in [1.165, 1.54) is 5.56 Å². The molecule has 0 aliphatic carbocycles. The molecular formula is C16H20N4. The Morgan fingerprint density at radius 2 is 2.05 bits per heavy atom. The molecule has 0 saturated carbocycles. The van der Waals surface area contributed by atoms with Crippen LogP contribution in [0.4, 0.5) is 5.82 Å². The Labute approximate surface area is 119 Å². The van der Waals surface area contributed by atoms with Crippen LogP contribution >= 0.6 is 0 Å². The van der Waals surface area contributed by atoms with Gasteiger partial charge >= 0.3 is 0 Å². The molecule has 2 unspecified atom stereocenters. The van der Waals surface area contributed by atoms with Crippen LogP contribution < -0.4 is 5.32 Å². The second kappa shape index (κ2) is 6.01. The van der Waals surface area contributed by atoms with Crippen molar-refractivity contribution in [2.45, 2.75) is 19.5 Å². The van der Waals surface area contributed by atoms with Crippen LogP contribution in [-0.2, 0) is 6.54 Å². The summed E-state index contributed by atoms with van der Waals surface area (Å²) in [5.41, 5.74) is 1.38. The molecule has 4 nitrogen and oxygen atoms in total. The molecule has 0 amide bonds. The van der Waals surface area contributed by atoms with Crippen LogP contribution in [0.3, 0.4) is 0 Å². The smallest absolute Gasteiger partial charge is 0.129 e. The predicted octanol–water partition coefficient (Wildman–Crippen LogP) is 2.41. The van der Waals surface area contributed by atoms with Gasteiger partial charge in [0.2, 0.25) is 0 Å². The van der Waals surface area contributed by atoms with Crippen LogP contribution in [0.5, 0.6) is 0 Å². The average Bonchev–Trinajstić information content (AvgIpc) is 2.81. The number of anilines is 1. The van der Waals surface area contributed by atoms with Gasteiger partial charge in [-0.25, -0.2) is 9.97 Å². The average molecular weight is 268 g/mol. The first kappa shape index (κ1) is 13.1. The summed E-state index contributed by atoms with van der Waals surface area (Å²) < 4.78 is 0. The molecule has 104 valence electrons. The Bertz CT molecular complexity index is 529. The molecule has 0 bridgehead atoms. The standard InChI is InChI=1S/C16H20N4/c1-13-9-20(10-14-5-3-2-4-6-14)11-15(13)19-16-7-8-17-12-18-16/h2-8,12-13,15H,9-11H2,1H3,(H,17,18,19). The fraction of sp³-hybridized carbons (Fsp3) is 0.375. The van der Waals surface area contributed by atoms with Gasteiger partial charge in [-0.2, -0.15) is 0 Å². The van der Waals surface area contributed by atoms with E-state index in [2.05, 4.69) is 57.4 Å². The summed E-state index contributed by atoms with van der Waals surface area (Å²) in [4.78, 5) is 10.7. The Kier molecular flexibility index (Phi) is 3.92. The number of nitrogens with zero attached hydrogens (tertiary/aromatic N) is 3. The van der Waals surface area contributed by atoms with Crippen LogP contribution in [0.1, 0.15) is 12.5 Å². The largest absolute Gasteiger partial charge is 0.366 e. The molecule has 0 spiro atoms. The first-order valence-corrected chi connectivity index (χ1v) is 7.10. The van der Waals surface area contributed by atoms with Gasteiger partial charge in [0.25, 0.3) is 0 Å². The second-order valence-corrected chi connectivity index (χ2v) is 5.50. The van der Waals surface area contributed by atoms with E-state index in [1.54, 1.807) is 12.5 Å². The van der Waals surface area contributed by atoms with E-state index in [1.807, 2.05) is 6.07 Å². The summed E-state index contributed by atoms with van der Waals surface area (Å²) in [5.74, 6) is 1.53. The predicted molar refractivity (Wildman–Crippen MR) is 80.3 cm³/mol. The lowest BCUT2D eigenvalue weighted by atomic mass is 10.1. The third-order valence-corrected chi connectivity index (χ3v) is 3.85. The molecule has 4 heteroatoms. The van der Waals surface area contributed by atoms with E-state index >= 15 is 0 Å². The quantitative estimate of drug-likeness (QED) is 0.924. The van der Waals surface area contributed by atoms with Gasteiger partial charge in [0.15, 0.2) is 0 Å². The number of likely N-dealkylation sites (tertiary alicyclic amines) is 1. The lowest BCUT2D eigenvalue weighted by Gasteiger charge is -2.17. The van der Waals surface area contributed by atoms with Crippen molar-refractivity contribution in [2.75, 3.05) is 18.4 Å². The Balaban J connectivity index is 1.59. The molecule has 3 rings (SSSR count). The molecule has 0 radical (unpaired) electrons. The highest BCUT2D eigenvalue weighted by atomic mass is 15.2. The maximum absolute atomic E-state index is 4.24. The van der Waals surface area contributed by atoms with Crippen molar-refractivity contribution in [1.29, 1.82) is 0 Å². The Morgan fingerprint density at radius 1 is 1.20 bits per heavy atom. The number of benzene rings is 1. The molecule has 2 atom stereocenters. The van der Waals surface area contributed by atoms with Crippen molar-refractivity contribution in [3.05, 3.63) is 54.5 Å². The molecule has 1 aliphatic rings. The highest BCUT2D eigenvalue weighted by Gasteiger charge is 2.29. The van der Waals surface area contributed by atoms with Crippen molar-refractivity contribution < 1.29 is 0 Å². The zero-order chi connectivity index (χ0) is 13.8. The number of hydrogen-bond acceptors (Lipinski definition) is 4. The molecule has 1 aliphatic heterocycles.